The van der Waals surface area contributed by atoms with Gasteiger partial charge < -0.3 is 0 Å². The van der Waals surface area contributed by atoms with Crippen molar-refractivity contribution in [1.29, 1.82) is 0 Å². The molecule has 1 aromatic carbocycles. The Morgan fingerprint density at radius 1 is 1.27 bits per heavy atom. The minimum absolute atomic E-state index is 0.00781. The second kappa shape index (κ2) is 3.59. The second-order valence-corrected chi connectivity index (χ2v) is 5.75. The first-order valence-corrected chi connectivity index (χ1v) is 6.53. The van der Waals surface area contributed by atoms with E-state index in [-0.39, 0.29) is 10.0 Å². The predicted octanol–water partition coefficient (Wildman–Crippen LogP) is 2.21. The molecule has 1 aromatic heterocycles. The van der Waals surface area contributed by atoms with Gasteiger partial charge in [-0.25, -0.2) is 8.42 Å². The lowest BCUT2D eigenvalue weighted by molar-refractivity contribution is 0.609. The maximum Gasteiger partial charge on any atom is 0.261 e. The summed E-state index contributed by atoms with van der Waals surface area (Å²) in [6.45, 7) is 0. The normalized spacial score (nSPS) is 11.9. The van der Waals surface area contributed by atoms with Crippen LogP contribution >= 0.6 is 22.3 Å². The molecule has 2 rings (SSSR count). The van der Waals surface area contributed by atoms with E-state index in [1.54, 1.807) is 6.07 Å². The summed E-state index contributed by atoms with van der Waals surface area (Å²) >= 11 is 5.77. The lowest BCUT2D eigenvalue weighted by Gasteiger charge is -2.00. The quantitative estimate of drug-likeness (QED) is 0.740. The lowest BCUT2D eigenvalue weighted by atomic mass is 10.2. The molecule has 0 bridgehead atoms. The van der Waals surface area contributed by atoms with Crippen molar-refractivity contribution >= 4 is 42.1 Å². The van der Waals surface area contributed by atoms with Crippen molar-refractivity contribution in [1.82, 2.24) is 10.2 Å². The minimum atomic E-state index is -3.75. The molecule has 0 radical (unpaired) electrons. The van der Waals surface area contributed by atoms with Crippen molar-refractivity contribution in [3.63, 3.8) is 0 Å². The highest BCUT2D eigenvalue weighted by atomic mass is 35.7. The minimum Gasteiger partial charge on any atom is -0.207 e. The molecule has 0 spiro atoms. The maximum atomic E-state index is 11.1. The van der Waals surface area contributed by atoms with Crippen LogP contribution in [0.15, 0.2) is 29.3 Å². The molecule has 0 fully saturated rings. The number of rotatable bonds is 1. The Morgan fingerprint density at radius 3 is 2.67 bits per heavy atom. The fraction of sp³-hybridized carbons (Fsp3) is 0. The molecule has 78 valence electrons. The van der Waals surface area contributed by atoms with Crippen molar-refractivity contribution < 1.29 is 8.42 Å². The topological polar surface area (TPSA) is 59.9 Å². The number of nitrogens with zero attached hydrogens (tertiary/aromatic N) is 2. The second-order valence-electron chi connectivity index (χ2n) is 2.82. The molecule has 15 heavy (non-hydrogen) atoms. The fourth-order valence-corrected chi connectivity index (χ4v) is 2.16. The molecule has 0 aliphatic heterocycles. The van der Waals surface area contributed by atoms with E-state index in [0.29, 0.717) is 10.8 Å². The van der Waals surface area contributed by atoms with E-state index in [4.69, 9.17) is 22.3 Å². The van der Waals surface area contributed by atoms with Crippen LogP contribution in [0.1, 0.15) is 0 Å². The van der Waals surface area contributed by atoms with Gasteiger partial charge in [0.15, 0.2) is 5.15 Å². The first kappa shape index (κ1) is 10.6. The summed E-state index contributed by atoms with van der Waals surface area (Å²) < 4.78 is 22.1. The largest absolute Gasteiger partial charge is 0.261 e. The van der Waals surface area contributed by atoms with Gasteiger partial charge in [-0.05, 0) is 12.1 Å². The van der Waals surface area contributed by atoms with Crippen molar-refractivity contribution in [3.05, 3.63) is 29.5 Å². The molecule has 2 aromatic rings. The Morgan fingerprint density at radius 2 is 2.00 bits per heavy atom. The van der Waals surface area contributed by atoms with Crippen LogP contribution in [0.2, 0.25) is 5.15 Å². The summed E-state index contributed by atoms with van der Waals surface area (Å²) in [7, 11) is 1.46. The van der Waals surface area contributed by atoms with E-state index in [1.807, 2.05) is 0 Å². The highest BCUT2D eigenvalue weighted by Crippen LogP contribution is 2.24. The molecule has 1 heterocycles. The Kier molecular flexibility index (Phi) is 2.54. The van der Waals surface area contributed by atoms with E-state index in [0.717, 1.165) is 0 Å². The molecule has 0 aliphatic rings. The van der Waals surface area contributed by atoms with Crippen LogP contribution in [0.25, 0.3) is 10.8 Å². The molecule has 0 aliphatic carbocycles. The zero-order chi connectivity index (χ0) is 11.1. The van der Waals surface area contributed by atoms with E-state index >= 15 is 0 Å². The van der Waals surface area contributed by atoms with Crippen molar-refractivity contribution in [2.75, 3.05) is 0 Å². The molecule has 0 saturated carbocycles. The molecule has 4 nitrogen and oxygen atoms in total. The highest BCUT2D eigenvalue weighted by molar-refractivity contribution is 8.13. The number of hydrogen-bond acceptors (Lipinski definition) is 4. The summed E-state index contributed by atoms with van der Waals surface area (Å²) in [5, 5.41) is 8.61. The van der Waals surface area contributed by atoms with Crippen molar-refractivity contribution in [3.8, 4) is 0 Å². The van der Waals surface area contributed by atoms with Crippen molar-refractivity contribution in [2.45, 2.75) is 4.90 Å². The summed E-state index contributed by atoms with van der Waals surface area (Å²) in [6.07, 6.45) is 1.49. The van der Waals surface area contributed by atoms with Gasteiger partial charge in [-0.3, -0.25) is 0 Å². The number of benzene rings is 1. The third-order valence-corrected chi connectivity index (χ3v) is 3.50. The zero-order valence-electron chi connectivity index (χ0n) is 7.18. The average molecular weight is 263 g/mol. The molecular weight excluding hydrogens is 259 g/mol. The first-order valence-electron chi connectivity index (χ1n) is 3.84. The number of halogens is 2. The third-order valence-electron chi connectivity index (χ3n) is 1.87. The third kappa shape index (κ3) is 2.04. The number of aromatic nitrogens is 2. The summed E-state index contributed by atoms with van der Waals surface area (Å²) in [4.78, 5) is -0.00781. The van der Waals surface area contributed by atoms with E-state index in [1.165, 1.54) is 18.3 Å². The molecule has 0 saturated heterocycles. The first-order chi connectivity index (χ1) is 6.98. The summed E-state index contributed by atoms with van der Waals surface area (Å²) in [5.74, 6) is 0. The number of fused-ring (bicyclic) bond motifs is 1. The molecular formula is C8H4Cl2N2O2S. The van der Waals surface area contributed by atoms with Crippen molar-refractivity contribution in [2.24, 2.45) is 0 Å². The molecule has 0 atom stereocenters. The van der Waals surface area contributed by atoms with Gasteiger partial charge in [0, 0.05) is 21.5 Å². The van der Waals surface area contributed by atoms with E-state index < -0.39 is 9.05 Å². The van der Waals surface area contributed by atoms with E-state index in [9.17, 15) is 8.42 Å². The van der Waals surface area contributed by atoms with Crippen LogP contribution in [0.5, 0.6) is 0 Å². The molecule has 7 heteroatoms. The SMILES string of the molecule is O=S(=O)(Cl)c1ccc2cnnc(Cl)c2c1. The maximum absolute atomic E-state index is 11.1. The van der Waals surface area contributed by atoms with Crippen LogP contribution in [-0.2, 0) is 9.05 Å². The standard InChI is InChI=1S/C8H4Cl2N2O2S/c9-8-7-3-6(15(10,13)14)2-1-5(7)4-11-12-8/h1-4H. The van der Waals surface area contributed by atoms with Crippen LogP contribution in [0.4, 0.5) is 0 Å². The van der Waals surface area contributed by atoms with Gasteiger partial charge in [0.25, 0.3) is 9.05 Å². The van der Waals surface area contributed by atoms with Crippen LogP contribution in [-0.4, -0.2) is 18.6 Å². The van der Waals surface area contributed by atoms with Gasteiger partial charge >= 0.3 is 0 Å². The van der Waals surface area contributed by atoms with Gasteiger partial charge in [0.1, 0.15) is 0 Å². The Balaban J connectivity index is 2.81. The smallest absolute Gasteiger partial charge is 0.207 e. The van der Waals surface area contributed by atoms with Crippen LogP contribution < -0.4 is 0 Å². The molecule has 0 N–H and O–H groups in total. The summed E-state index contributed by atoms with van der Waals surface area (Å²) in [6, 6.07) is 4.34. The Hall–Kier alpha value is -0.910. The molecule has 0 unspecified atom stereocenters. The molecule has 0 amide bonds. The van der Waals surface area contributed by atoms with Gasteiger partial charge in [0.05, 0.1) is 11.1 Å². The van der Waals surface area contributed by atoms with Gasteiger partial charge in [-0.2, -0.15) is 5.10 Å². The fourth-order valence-electron chi connectivity index (χ4n) is 1.17. The Labute approximate surface area is 95.3 Å². The predicted molar refractivity (Wildman–Crippen MR) is 57.6 cm³/mol. The van der Waals surface area contributed by atoms with Crippen LogP contribution in [0.3, 0.4) is 0 Å². The van der Waals surface area contributed by atoms with Gasteiger partial charge in [0.2, 0.25) is 0 Å². The van der Waals surface area contributed by atoms with Gasteiger partial charge in [-0.1, -0.05) is 17.7 Å². The number of hydrogen-bond donors (Lipinski definition) is 0. The van der Waals surface area contributed by atoms with Gasteiger partial charge in [-0.15, -0.1) is 5.10 Å². The lowest BCUT2D eigenvalue weighted by Crippen LogP contribution is -1.91. The van der Waals surface area contributed by atoms with Crippen LogP contribution in [0, 0.1) is 0 Å². The highest BCUT2D eigenvalue weighted by Gasteiger charge is 2.11. The Bertz CT molecular complexity index is 628. The average Bonchev–Trinajstić information content (AvgIpc) is 2.16. The zero-order valence-corrected chi connectivity index (χ0v) is 9.51. The van der Waals surface area contributed by atoms with E-state index in [2.05, 4.69) is 10.2 Å². The monoisotopic (exact) mass is 262 g/mol. The summed E-state index contributed by atoms with van der Waals surface area (Å²) in [5.41, 5.74) is 0.